The fraction of sp³-hybridized carbons (Fsp3) is 0.462. The lowest BCUT2D eigenvalue weighted by Crippen LogP contribution is -2.15. The van der Waals surface area contributed by atoms with E-state index in [-0.39, 0.29) is 5.78 Å². The average Bonchev–Trinajstić information content (AvgIpc) is 2.36. The molecule has 1 rings (SSSR count). The van der Waals surface area contributed by atoms with Gasteiger partial charge in [0.1, 0.15) is 5.78 Å². The Bertz CT molecular complexity index is 404. The van der Waals surface area contributed by atoms with Gasteiger partial charge in [-0.05, 0) is 18.6 Å². The number of rotatable bonds is 7. The molecule has 0 amide bonds. The van der Waals surface area contributed by atoms with Crippen molar-refractivity contribution in [3.8, 4) is 0 Å². The molecule has 1 heterocycles. The van der Waals surface area contributed by atoms with Crippen LogP contribution in [0.4, 0.5) is 0 Å². The number of ketones is 1. The first-order chi connectivity index (χ1) is 8.63. The predicted molar refractivity (Wildman–Crippen MR) is 74.0 cm³/mol. The number of aromatic nitrogens is 1. The van der Waals surface area contributed by atoms with Crippen LogP contribution in [0.25, 0.3) is 0 Å². The molecule has 18 heavy (non-hydrogen) atoms. The van der Waals surface area contributed by atoms with Crippen LogP contribution in [-0.2, 0) is 4.79 Å². The van der Waals surface area contributed by atoms with Crippen molar-refractivity contribution in [3.63, 3.8) is 0 Å². The number of nitrogens with zero attached hydrogens (tertiary/aromatic N) is 3. The summed E-state index contributed by atoms with van der Waals surface area (Å²) >= 11 is 5.58. The van der Waals surface area contributed by atoms with Gasteiger partial charge in [-0.25, -0.2) is 0 Å². The smallest absolute Gasteiger partial charge is 0.139 e. The van der Waals surface area contributed by atoms with E-state index in [0.717, 1.165) is 5.69 Å². The number of carbonyl (C=O) groups excluding carboxylic acids is 1. The zero-order valence-corrected chi connectivity index (χ0v) is 11.5. The van der Waals surface area contributed by atoms with Gasteiger partial charge in [0, 0.05) is 32.6 Å². The molecule has 98 valence electrons. The Labute approximate surface area is 113 Å². The second kappa shape index (κ2) is 7.82. The molecule has 1 aromatic heterocycles. The van der Waals surface area contributed by atoms with Gasteiger partial charge in [-0.15, -0.1) is 11.6 Å². The number of hydrogen-bond acceptors (Lipinski definition) is 4. The molecule has 0 atom stereocenters. The van der Waals surface area contributed by atoms with Gasteiger partial charge < -0.3 is 5.01 Å². The predicted octanol–water partition coefficient (Wildman–Crippen LogP) is 2.33. The van der Waals surface area contributed by atoms with E-state index >= 15 is 0 Å². The first-order valence-corrected chi connectivity index (χ1v) is 6.41. The molecule has 0 bridgehead atoms. The second-order valence-corrected chi connectivity index (χ2v) is 4.49. The van der Waals surface area contributed by atoms with Crippen LogP contribution in [0.15, 0.2) is 29.5 Å². The summed E-state index contributed by atoms with van der Waals surface area (Å²) in [6, 6.07) is 5.58. The Morgan fingerprint density at radius 3 is 2.78 bits per heavy atom. The third kappa shape index (κ3) is 5.27. The molecule has 0 aromatic carbocycles. The minimum absolute atomic E-state index is 0.141. The van der Waals surface area contributed by atoms with Gasteiger partial charge in [0.2, 0.25) is 0 Å². The van der Waals surface area contributed by atoms with Crippen LogP contribution >= 0.6 is 11.6 Å². The number of pyridine rings is 1. The molecule has 1 aromatic rings. The monoisotopic (exact) mass is 267 g/mol. The standard InChI is InChI=1S/C13H18ClN3O/c1-17(2)16-13(10-11(18)6-5-8-14)12-7-3-4-9-15-12/h3-4,7,9H,5-6,8,10H2,1-2H3/b16-13+. The Kier molecular flexibility index (Phi) is 6.36. The van der Waals surface area contributed by atoms with E-state index in [9.17, 15) is 4.79 Å². The van der Waals surface area contributed by atoms with Crippen molar-refractivity contribution < 1.29 is 4.79 Å². The Hall–Kier alpha value is -1.42. The van der Waals surface area contributed by atoms with Gasteiger partial charge in [0.05, 0.1) is 17.8 Å². The summed E-state index contributed by atoms with van der Waals surface area (Å²) in [7, 11) is 3.65. The topological polar surface area (TPSA) is 45.6 Å². The van der Waals surface area contributed by atoms with Crippen LogP contribution in [-0.4, -0.2) is 41.5 Å². The van der Waals surface area contributed by atoms with Crippen molar-refractivity contribution in [2.75, 3.05) is 20.0 Å². The molecule has 0 N–H and O–H groups in total. The zero-order valence-electron chi connectivity index (χ0n) is 10.8. The van der Waals surface area contributed by atoms with Crippen LogP contribution in [0, 0.1) is 0 Å². The lowest BCUT2D eigenvalue weighted by Gasteiger charge is -2.10. The molecule has 0 saturated carbocycles. The van der Waals surface area contributed by atoms with Gasteiger partial charge >= 0.3 is 0 Å². The highest BCUT2D eigenvalue weighted by molar-refractivity contribution is 6.18. The van der Waals surface area contributed by atoms with Gasteiger partial charge in [-0.1, -0.05) is 6.07 Å². The molecule has 0 unspecified atom stereocenters. The molecule has 0 saturated heterocycles. The van der Waals surface area contributed by atoms with Crippen LogP contribution in [0.5, 0.6) is 0 Å². The largest absolute Gasteiger partial charge is 0.303 e. The van der Waals surface area contributed by atoms with E-state index in [1.54, 1.807) is 11.2 Å². The second-order valence-electron chi connectivity index (χ2n) is 4.12. The SMILES string of the molecule is CN(C)/N=C(\CC(=O)CCCCl)c1ccccn1. The molecule has 0 radical (unpaired) electrons. The molecule has 5 heteroatoms. The third-order valence-corrected chi connectivity index (χ3v) is 2.50. The highest BCUT2D eigenvalue weighted by Crippen LogP contribution is 2.06. The maximum absolute atomic E-state index is 11.8. The number of hydrogen-bond donors (Lipinski definition) is 0. The van der Waals surface area contributed by atoms with Crippen LogP contribution in [0.2, 0.25) is 0 Å². The lowest BCUT2D eigenvalue weighted by molar-refractivity contribution is -0.117. The van der Waals surface area contributed by atoms with Gasteiger partial charge in [0.15, 0.2) is 0 Å². The number of carbonyl (C=O) groups is 1. The quantitative estimate of drug-likeness (QED) is 0.433. The molecular formula is C13H18ClN3O. The van der Waals surface area contributed by atoms with E-state index in [4.69, 9.17) is 11.6 Å². The van der Waals surface area contributed by atoms with E-state index in [1.165, 1.54) is 0 Å². The fourth-order valence-electron chi connectivity index (χ4n) is 1.49. The number of halogens is 1. The molecule has 0 aliphatic carbocycles. The minimum atomic E-state index is 0.141. The van der Waals surface area contributed by atoms with E-state index < -0.39 is 0 Å². The normalized spacial score (nSPS) is 11.4. The Morgan fingerprint density at radius 1 is 1.44 bits per heavy atom. The van der Waals surface area contributed by atoms with Crippen molar-refractivity contribution in [2.45, 2.75) is 19.3 Å². The van der Waals surface area contributed by atoms with Crippen LogP contribution < -0.4 is 0 Å². The molecule has 0 spiro atoms. The van der Waals surface area contributed by atoms with Gasteiger partial charge in [-0.2, -0.15) is 5.10 Å². The molecule has 0 aliphatic heterocycles. The maximum atomic E-state index is 11.8. The summed E-state index contributed by atoms with van der Waals surface area (Å²) in [4.78, 5) is 16.0. The Balaban J connectivity index is 2.78. The van der Waals surface area contributed by atoms with Gasteiger partial charge in [0.25, 0.3) is 0 Å². The summed E-state index contributed by atoms with van der Waals surface area (Å²) in [5.74, 6) is 0.650. The fourth-order valence-corrected chi connectivity index (χ4v) is 1.62. The number of alkyl halides is 1. The summed E-state index contributed by atoms with van der Waals surface area (Å²) in [6.45, 7) is 0. The summed E-state index contributed by atoms with van der Waals surface area (Å²) in [6.07, 6.45) is 3.19. The van der Waals surface area contributed by atoms with E-state index in [0.29, 0.717) is 30.9 Å². The number of hydrazone groups is 1. The summed E-state index contributed by atoms with van der Waals surface area (Å²) in [5, 5.41) is 6.01. The average molecular weight is 268 g/mol. The number of Topliss-reactive ketones (excluding diaryl/α,β-unsaturated/α-hetero) is 1. The summed E-state index contributed by atoms with van der Waals surface area (Å²) < 4.78 is 0. The van der Waals surface area contributed by atoms with Gasteiger partial charge in [-0.3, -0.25) is 9.78 Å². The zero-order chi connectivity index (χ0) is 13.4. The van der Waals surface area contributed by atoms with Crippen molar-refractivity contribution >= 4 is 23.1 Å². The molecule has 4 nitrogen and oxygen atoms in total. The van der Waals surface area contributed by atoms with E-state index in [2.05, 4.69) is 10.1 Å². The lowest BCUT2D eigenvalue weighted by atomic mass is 10.1. The Morgan fingerprint density at radius 2 is 2.22 bits per heavy atom. The van der Waals surface area contributed by atoms with Crippen molar-refractivity contribution in [2.24, 2.45) is 5.10 Å². The highest BCUT2D eigenvalue weighted by Gasteiger charge is 2.11. The minimum Gasteiger partial charge on any atom is -0.303 e. The van der Waals surface area contributed by atoms with Crippen molar-refractivity contribution in [3.05, 3.63) is 30.1 Å². The molecular weight excluding hydrogens is 250 g/mol. The molecule has 0 aliphatic rings. The van der Waals surface area contributed by atoms with Crippen molar-refractivity contribution in [1.29, 1.82) is 0 Å². The van der Waals surface area contributed by atoms with E-state index in [1.807, 2.05) is 32.3 Å². The van der Waals surface area contributed by atoms with Crippen LogP contribution in [0.1, 0.15) is 25.0 Å². The summed E-state index contributed by atoms with van der Waals surface area (Å²) in [5.41, 5.74) is 1.44. The highest BCUT2D eigenvalue weighted by atomic mass is 35.5. The molecule has 0 fully saturated rings. The first-order valence-electron chi connectivity index (χ1n) is 5.87. The van der Waals surface area contributed by atoms with Crippen molar-refractivity contribution in [1.82, 2.24) is 9.99 Å². The maximum Gasteiger partial charge on any atom is 0.139 e. The first kappa shape index (κ1) is 14.6. The van der Waals surface area contributed by atoms with Crippen LogP contribution in [0.3, 0.4) is 0 Å². The third-order valence-electron chi connectivity index (χ3n) is 2.24.